The smallest absolute Gasteiger partial charge is 0.160 e. The van der Waals surface area contributed by atoms with Crippen molar-refractivity contribution in [3.63, 3.8) is 0 Å². The fraction of sp³-hybridized carbons (Fsp3) is 0.429. The maximum absolute atomic E-state index is 10.6. The second-order valence-corrected chi connectivity index (χ2v) is 11.0. The molecule has 0 spiro atoms. The van der Waals surface area contributed by atoms with Crippen molar-refractivity contribution in [2.75, 3.05) is 41.3 Å². The summed E-state index contributed by atoms with van der Waals surface area (Å²) < 4.78 is 189. The molecule has 0 aromatic heterocycles. The zero-order chi connectivity index (χ0) is 54.1. The lowest BCUT2D eigenvalue weighted by Gasteiger charge is -2.13. The third-order valence-corrected chi connectivity index (χ3v) is 7.05. The van der Waals surface area contributed by atoms with Crippen molar-refractivity contribution < 1.29 is 67.4 Å². The number of aliphatic hydroxyl groups is 2. The van der Waals surface area contributed by atoms with Crippen LogP contribution in [0.5, 0.6) is 34.5 Å². The molecular weight excluding hydrogens is 632 g/mol. The summed E-state index contributed by atoms with van der Waals surface area (Å²) in [5.74, 6) is -1.17. The summed E-state index contributed by atoms with van der Waals surface area (Å²) in [6.07, 6.45) is -5.20. The lowest BCUT2D eigenvalue weighted by Crippen LogP contribution is -2.17. The molecule has 4 aromatic rings. The van der Waals surface area contributed by atoms with Gasteiger partial charge in [0.1, 0.15) is 24.7 Å². The van der Waals surface area contributed by atoms with Crippen molar-refractivity contribution in [1.82, 2.24) is 0 Å². The third-order valence-electron chi connectivity index (χ3n) is 7.05. The van der Waals surface area contributed by atoms with E-state index in [1.807, 2.05) is 0 Å². The average molecular weight is 710 g/mol. The normalized spacial score (nSPS) is 20.2. The van der Waals surface area contributed by atoms with Crippen molar-refractivity contribution in [2.45, 2.75) is 77.4 Å². The predicted octanol–water partition coefficient (Wildman–Crippen LogP) is 8.33. The van der Waals surface area contributed by atoms with Crippen LogP contribution in [0.3, 0.4) is 0 Å². The predicted molar refractivity (Wildman–Crippen MR) is 200 cm³/mol. The highest BCUT2D eigenvalue weighted by Gasteiger charge is 2.09. The van der Waals surface area contributed by atoms with Crippen molar-refractivity contribution in [3.05, 3.63) is 107 Å². The van der Waals surface area contributed by atoms with Crippen LogP contribution in [0.1, 0.15) is 89.5 Å². The molecule has 0 amide bonds. The molecule has 0 heterocycles. The Kier molecular flexibility index (Phi) is 8.61. The SMILES string of the molecule is [2H]C([2H])([2H])Oc1ccc(CCCC([2H])([2H])C([2H])(O)C([2H])([2H])Oc2cccc(C)c2)cc1OC([2H])([2H])[2H].[2H]c1c([2H])c(C)c([2H])c(OCC(O)CCCCc2ccc(OC([2H])([2H])[2H])c(OC([2H])([2H])[2H])c2)c1[2H]. The minimum absolute atomic E-state index is 0.0153. The number of methoxy groups -OCH3 is 4. The van der Waals surface area contributed by atoms with Gasteiger partial charge in [-0.05, 0) is 123 Å². The van der Waals surface area contributed by atoms with Crippen LogP contribution in [0.15, 0.2) is 84.8 Å². The minimum Gasteiger partial charge on any atom is -0.493 e. The zero-order valence-corrected chi connectivity index (χ0v) is 27.9. The fourth-order valence-corrected chi connectivity index (χ4v) is 4.52. The van der Waals surface area contributed by atoms with Crippen LogP contribution in [0.2, 0.25) is 0 Å². The Balaban J connectivity index is 0.000000375. The van der Waals surface area contributed by atoms with Crippen LogP contribution in [0.4, 0.5) is 0 Å². The summed E-state index contributed by atoms with van der Waals surface area (Å²) in [5.41, 5.74) is 2.11. The second kappa shape index (κ2) is 22.3. The van der Waals surface area contributed by atoms with Crippen LogP contribution in [0, 0.1) is 13.8 Å². The number of aryl methyl sites for hydroxylation is 3. The van der Waals surface area contributed by atoms with E-state index in [9.17, 15) is 10.2 Å². The first kappa shape index (κ1) is 19.3. The molecule has 0 aliphatic heterocycles. The molecule has 0 fully saturated rings. The molecule has 4 rings (SSSR count). The van der Waals surface area contributed by atoms with Crippen LogP contribution < -0.4 is 28.4 Å². The highest BCUT2D eigenvalue weighted by molar-refractivity contribution is 5.43. The number of unbranched alkanes of at least 4 members (excludes halogenated alkanes) is 1. The minimum atomic E-state index is -3.28. The molecule has 0 saturated carbocycles. The zero-order valence-electron chi connectivity index (χ0n) is 48.9. The van der Waals surface area contributed by atoms with E-state index in [1.165, 1.54) is 49.4 Å². The Labute approximate surface area is 328 Å². The Morgan fingerprint density at radius 3 is 1.98 bits per heavy atom. The van der Waals surface area contributed by atoms with Crippen molar-refractivity contribution >= 4 is 0 Å². The first-order chi connectivity index (χ1) is 32.3. The van der Waals surface area contributed by atoms with Gasteiger partial charge in [-0.3, -0.25) is 0 Å². The van der Waals surface area contributed by atoms with E-state index in [0.717, 1.165) is 5.56 Å². The molecule has 0 aliphatic rings. The lowest BCUT2D eigenvalue weighted by molar-refractivity contribution is 0.0976. The Morgan fingerprint density at radius 1 is 0.700 bits per heavy atom. The van der Waals surface area contributed by atoms with Gasteiger partial charge in [0.15, 0.2) is 23.0 Å². The number of hydrogen-bond acceptors (Lipinski definition) is 8. The number of hydrogen-bond donors (Lipinski definition) is 2. The van der Waals surface area contributed by atoms with Crippen LogP contribution in [0.25, 0.3) is 0 Å². The van der Waals surface area contributed by atoms with E-state index < -0.39 is 59.7 Å². The van der Waals surface area contributed by atoms with Crippen LogP contribution >= 0.6 is 0 Å². The van der Waals surface area contributed by atoms with E-state index in [2.05, 4.69) is 0 Å². The van der Waals surface area contributed by atoms with Gasteiger partial charge in [-0.2, -0.15) is 0 Å². The highest BCUT2D eigenvalue weighted by Crippen LogP contribution is 2.29. The summed E-state index contributed by atoms with van der Waals surface area (Å²) >= 11 is 0. The molecule has 0 radical (unpaired) electrons. The molecule has 2 unspecified atom stereocenters. The number of benzene rings is 4. The summed E-state index contributed by atoms with van der Waals surface area (Å²) in [7, 11) is -11.3. The standard InChI is InChI=1S/2C21H28O4/c2*1-16-7-6-10-19(13-16)25-15-18(22)9-5-4-8-17-11-12-20(23-2)21(14-17)24-3/h2*6-7,10-14,18,22H,4-5,8-9,15H2,1-3H3/i2D3,3D3,6D,7D,10D,13D;2D3,3D3,9D2,15D2,18D. The van der Waals surface area contributed by atoms with Gasteiger partial charge in [0, 0.05) is 2.74 Å². The number of ether oxygens (including phenoxy) is 6. The molecule has 272 valence electrons. The van der Waals surface area contributed by atoms with E-state index in [4.69, 9.17) is 57.2 Å². The van der Waals surface area contributed by atoms with E-state index in [-0.39, 0.29) is 83.7 Å². The Hall–Kier alpha value is -4.40. The molecule has 0 aliphatic carbocycles. The summed E-state index contributed by atoms with van der Waals surface area (Å²) in [4.78, 5) is 0. The molecule has 0 saturated heterocycles. The Morgan fingerprint density at radius 2 is 1.34 bits per heavy atom. The first-order valence-electron chi connectivity index (χ1n) is 26.2. The Bertz CT molecular complexity index is 2350. The topological polar surface area (TPSA) is 95.8 Å². The third kappa shape index (κ3) is 14.6. The molecule has 0 bridgehead atoms. The summed E-state index contributed by atoms with van der Waals surface area (Å²) in [6.45, 7) is -0.0301. The maximum atomic E-state index is 10.6. The molecule has 2 atom stereocenters. The average Bonchev–Trinajstić information content (AvgIpc) is 3.20. The molecule has 8 heteroatoms. The van der Waals surface area contributed by atoms with Crippen molar-refractivity contribution in [3.8, 4) is 34.5 Å². The summed E-state index contributed by atoms with van der Waals surface area (Å²) in [6, 6.07) is 13.5. The van der Waals surface area contributed by atoms with Gasteiger partial charge in [0.05, 0.1) is 66.4 Å². The van der Waals surface area contributed by atoms with Gasteiger partial charge in [-0.15, -0.1) is 0 Å². The maximum Gasteiger partial charge on any atom is 0.160 e. The first-order valence-corrected chi connectivity index (χ1v) is 15.7. The monoisotopic (exact) mass is 710 g/mol. The van der Waals surface area contributed by atoms with Crippen molar-refractivity contribution in [1.29, 1.82) is 0 Å². The molecular formula is C42H56O8. The quantitative estimate of drug-likeness (QED) is 0.0885. The van der Waals surface area contributed by atoms with Crippen LogP contribution in [-0.4, -0.2) is 63.7 Å². The second-order valence-electron chi connectivity index (χ2n) is 11.0. The van der Waals surface area contributed by atoms with Gasteiger partial charge >= 0.3 is 0 Å². The van der Waals surface area contributed by atoms with E-state index >= 15 is 0 Å². The van der Waals surface area contributed by atoms with Crippen molar-refractivity contribution in [2.24, 2.45) is 0 Å². The van der Waals surface area contributed by atoms with Gasteiger partial charge in [-0.1, -0.05) is 49.2 Å². The molecule has 50 heavy (non-hydrogen) atoms. The van der Waals surface area contributed by atoms with E-state index in [1.54, 1.807) is 25.1 Å². The van der Waals surface area contributed by atoms with Gasteiger partial charge in [0.2, 0.25) is 0 Å². The number of aliphatic hydroxyl groups excluding tert-OH is 1. The lowest BCUT2D eigenvalue weighted by atomic mass is 10.0. The van der Waals surface area contributed by atoms with Gasteiger partial charge in [-0.25, -0.2) is 0 Å². The van der Waals surface area contributed by atoms with Crippen LogP contribution in [-0.2, 0) is 12.8 Å². The molecule has 4 aromatic carbocycles. The summed E-state index contributed by atoms with van der Waals surface area (Å²) in [5, 5.41) is 20.8. The molecule has 2 N–H and O–H groups in total. The largest absolute Gasteiger partial charge is 0.493 e. The fourth-order valence-electron chi connectivity index (χ4n) is 4.52. The number of rotatable bonds is 20. The van der Waals surface area contributed by atoms with E-state index in [0.29, 0.717) is 36.8 Å². The van der Waals surface area contributed by atoms with Gasteiger partial charge < -0.3 is 38.6 Å². The van der Waals surface area contributed by atoms with Gasteiger partial charge in [0.25, 0.3) is 0 Å². The molecule has 8 nitrogen and oxygen atoms in total. The highest BCUT2D eigenvalue weighted by atomic mass is 16.5.